The molecular formula is C29H28ClN5O2S2. The quantitative estimate of drug-likeness (QED) is 0.256. The second-order valence-electron chi connectivity index (χ2n) is 9.08. The Balaban J connectivity index is 1.45. The molecule has 10 heteroatoms. The highest BCUT2D eigenvalue weighted by Gasteiger charge is 2.32. The highest BCUT2D eigenvalue weighted by atomic mass is 35.5. The molecule has 1 saturated heterocycles. The van der Waals surface area contributed by atoms with E-state index in [1.165, 1.54) is 6.21 Å². The van der Waals surface area contributed by atoms with Crippen molar-refractivity contribution in [3.8, 4) is 22.4 Å². The summed E-state index contributed by atoms with van der Waals surface area (Å²) >= 11 is 9.25. The van der Waals surface area contributed by atoms with Crippen LogP contribution in [-0.4, -0.2) is 52.9 Å². The van der Waals surface area contributed by atoms with Gasteiger partial charge in [-0.15, -0.1) is 23.1 Å². The number of dihydropyridines is 1. The first-order chi connectivity index (χ1) is 19.1. The topological polar surface area (TPSA) is 105 Å². The summed E-state index contributed by atoms with van der Waals surface area (Å²) in [6.45, 7) is 1.98. The van der Waals surface area contributed by atoms with Crippen molar-refractivity contribution < 1.29 is 9.84 Å². The molecule has 0 spiro atoms. The number of nitrogens with zero attached hydrogens (tertiary/aromatic N) is 3. The number of hydrogen-bond acceptors (Lipinski definition) is 9. The van der Waals surface area contributed by atoms with Gasteiger partial charge in [-0.3, -0.25) is 0 Å². The lowest BCUT2D eigenvalue weighted by atomic mass is 9.90. The van der Waals surface area contributed by atoms with Gasteiger partial charge < -0.3 is 25.5 Å². The number of aliphatic hydroxyl groups excluding tert-OH is 1. The number of rotatable bonds is 10. The Labute approximate surface area is 241 Å². The van der Waals surface area contributed by atoms with Gasteiger partial charge in [0, 0.05) is 52.2 Å². The Morgan fingerprint density at radius 3 is 2.56 bits per heavy atom. The van der Waals surface area contributed by atoms with E-state index in [0.717, 1.165) is 59.2 Å². The maximum atomic E-state index is 10.4. The van der Waals surface area contributed by atoms with Crippen LogP contribution >= 0.6 is 34.7 Å². The van der Waals surface area contributed by atoms with Crippen LogP contribution in [0, 0.1) is 16.7 Å². The van der Waals surface area contributed by atoms with Crippen LogP contribution in [0.15, 0.2) is 70.9 Å². The molecule has 2 aromatic carbocycles. The number of thioether (sulfide) groups is 1. The van der Waals surface area contributed by atoms with Crippen molar-refractivity contribution in [1.82, 2.24) is 15.2 Å². The molecule has 1 aromatic heterocycles. The Morgan fingerprint density at radius 2 is 1.90 bits per heavy atom. The number of allylic oxidation sites excluding steroid dienone is 2. The van der Waals surface area contributed by atoms with Crippen LogP contribution in [0.4, 0.5) is 0 Å². The van der Waals surface area contributed by atoms with Gasteiger partial charge in [-0.2, -0.15) is 5.26 Å². The molecule has 5 rings (SSSR count). The standard InChI is InChI=1S/C29H28ClN5O2S2/c30-21-7-3-20(4-8-21)28-33-22(17-38-28)18-39-29-25(16-32)26(19-5-9-23(10-6-19)37-14-13-36)24(15-31)27(34-29)35-11-1-2-12-35/h3-10,15,17,29,31,34,36H,1-2,11-14,18H2. The fraction of sp³-hybridized carbons (Fsp3) is 0.276. The number of nitriles is 1. The first kappa shape index (κ1) is 27.3. The summed E-state index contributed by atoms with van der Waals surface area (Å²) in [6, 6.07) is 17.6. The Hall–Kier alpha value is -3.29. The smallest absolute Gasteiger partial charge is 0.123 e. The summed E-state index contributed by atoms with van der Waals surface area (Å²) < 4.78 is 5.53. The average molecular weight is 578 g/mol. The molecular weight excluding hydrogens is 550 g/mol. The molecule has 1 fully saturated rings. The van der Waals surface area contributed by atoms with E-state index in [1.54, 1.807) is 23.1 Å². The number of hydrogen-bond donors (Lipinski definition) is 3. The van der Waals surface area contributed by atoms with E-state index in [2.05, 4.69) is 21.7 Å². The molecule has 39 heavy (non-hydrogen) atoms. The van der Waals surface area contributed by atoms with Gasteiger partial charge in [0.2, 0.25) is 0 Å². The molecule has 3 aromatic rings. The predicted octanol–water partition coefficient (Wildman–Crippen LogP) is 5.93. The summed E-state index contributed by atoms with van der Waals surface area (Å²) in [5.41, 5.74) is 4.89. The molecule has 0 saturated carbocycles. The SMILES string of the molecule is N#CC1=C(c2ccc(OCCO)cc2)C(C=N)=C(N2CCCC2)NC1SCc1csc(-c2ccc(Cl)cc2)n1. The minimum absolute atomic E-state index is 0.0594. The van der Waals surface area contributed by atoms with Gasteiger partial charge in [-0.1, -0.05) is 35.9 Å². The van der Waals surface area contributed by atoms with Crippen LogP contribution in [0.5, 0.6) is 5.75 Å². The van der Waals surface area contributed by atoms with E-state index in [-0.39, 0.29) is 18.6 Å². The molecule has 200 valence electrons. The number of aliphatic hydroxyl groups is 1. The van der Waals surface area contributed by atoms with Crippen molar-refractivity contribution in [2.75, 3.05) is 26.3 Å². The van der Waals surface area contributed by atoms with Gasteiger partial charge in [-0.25, -0.2) is 4.98 Å². The monoisotopic (exact) mass is 577 g/mol. The summed E-state index contributed by atoms with van der Waals surface area (Å²) in [6.07, 6.45) is 3.55. The van der Waals surface area contributed by atoms with Crippen LogP contribution in [0.1, 0.15) is 24.1 Å². The van der Waals surface area contributed by atoms with E-state index in [1.807, 2.05) is 48.5 Å². The largest absolute Gasteiger partial charge is 0.491 e. The third-order valence-corrected chi connectivity index (χ3v) is 8.90. The zero-order chi connectivity index (χ0) is 27.2. The number of likely N-dealkylation sites (tertiary alicyclic amines) is 1. The molecule has 3 heterocycles. The van der Waals surface area contributed by atoms with E-state index < -0.39 is 0 Å². The fourth-order valence-electron chi connectivity index (χ4n) is 4.71. The molecule has 1 atom stereocenters. The molecule has 2 aliphatic rings. The van der Waals surface area contributed by atoms with Crippen molar-refractivity contribution in [2.45, 2.75) is 24.0 Å². The Kier molecular flexibility index (Phi) is 8.89. The van der Waals surface area contributed by atoms with Gasteiger partial charge >= 0.3 is 0 Å². The lowest BCUT2D eigenvalue weighted by molar-refractivity contribution is 0.201. The third kappa shape index (κ3) is 6.15. The highest BCUT2D eigenvalue weighted by Crippen LogP contribution is 2.39. The van der Waals surface area contributed by atoms with Crippen molar-refractivity contribution >= 4 is 46.5 Å². The van der Waals surface area contributed by atoms with Crippen LogP contribution in [0.25, 0.3) is 16.1 Å². The lowest BCUT2D eigenvalue weighted by Crippen LogP contribution is -2.40. The minimum atomic E-state index is -0.296. The van der Waals surface area contributed by atoms with E-state index >= 15 is 0 Å². The second-order valence-corrected chi connectivity index (χ2v) is 11.5. The first-order valence-electron chi connectivity index (χ1n) is 12.7. The number of benzene rings is 2. The first-order valence-corrected chi connectivity index (χ1v) is 15.0. The van der Waals surface area contributed by atoms with Gasteiger partial charge in [0.1, 0.15) is 28.6 Å². The van der Waals surface area contributed by atoms with Gasteiger partial charge in [0.15, 0.2) is 0 Å². The molecule has 0 amide bonds. The molecule has 7 nitrogen and oxygen atoms in total. The fourth-order valence-corrected chi connectivity index (χ4v) is 6.79. The van der Waals surface area contributed by atoms with Crippen molar-refractivity contribution in [3.63, 3.8) is 0 Å². The molecule has 0 radical (unpaired) electrons. The molecule has 3 N–H and O–H groups in total. The van der Waals surface area contributed by atoms with Gasteiger partial charge in [0.25, 0.3) is 0 Å². The van der Waals surface area contributed by atoms with Crippen LogP contribution in [-0.2, 0) is 5.75 Å². The predicted molar refractivity (Wildman–Crippen MR) is 159 cm³/mol. The zero-order valence-corrected chi connectivity index (χ0v) is 23.6. The molecule has 0 aliphatic carbocycles. The summed E-state index contributed by atoms with van der Waals surface area (Å²) in [4.78, 5) is 7.10. The lowest BCUT2D eigenvalue weighted by Gasteiger charge is -2.34. The minimum Gasteiger partial charge on any atom is -0.491 e. The Bertz CT molecular complexity index is 1420. The van der Waals surface area contributed by atoms with E-state index in [9.17, 15) is 5.26 Å². The third-order valence-electron chi connectivity index (χ3n) is 6.55. The van der Waals surface area contributed by atoms with Crippen LogP contribution in [0.3, 0.4) is 0 Å². The van der Waals surface area contributed by atoms with Crippen LogP contribution < -0.4 is 10.1 Å². The van der Waals surface area contributed by atoms with Crippen molar-refractivity contribution in [2.24, 2.45) is 0 Å². The van der Waals surface area contributed by atoms with E-state index in [4.69, 9.17) is 31.8 Å². The maximum absolute atomic E-state index is 10.4. The number of aromatic nitrogens is 1. The molecule has 1 unspecified atom stereocenters. The van der Waals surface area contributed by atoms with Crippen LogP contribution in [0.2, 0.25) is 5.02 Å². The number of ether oxygens (including phenoxy) is 1. The molecule has 2 aliphatic heterocycles. The average Bonchev–Trinajstić information content (AvgIpc) is 3.68. The van der Waals surface area contributed by atoms with Crippen molar-refractivity contribution in [3.05, 3.63) is 87.2 Å². The second kappa shape index (κ2) is 12.7. The zero-order valence-electron chi connectivity index (χ0n) is 21.2. The summed E-state index contributed by atoms with van der Waals surface area (Å²) in [7, 11) is 0. The summed E-state index contributed by atoms with van der Waals surface area (Å²) in [5, 5.41) is 34.7. The molecule has 0 bridgehead atoms. The number of nitrogens with one attached hydrogen (secondary N) is 2. The number of halogens is 1. The van der Waals surface area contributed by atoms with Crippen molar-refractivity contribution in [1.29, 1.82) is 10.7 Å². The normalized spacial score (nSPS) is 17.3. The Morgan fingerprint density at radius 1 is 1.18 bits per heavy atom. The van der Waals surface area contributed by atoms with Gasteiger partial charge in [0.05, 0.1) is 23.9 Å². The number of thiazole rings is 1. The summed E-state index contributed by atoms with van der Waals surface area (Å²) in [5.74, 6) is 2.17. The van der Waals surface area contributed by atoms with Gasteiger partial charge in [-0.05, 0) is 42.7 Å². The van der Waals surface area contributed by atoms with E-state index in [0.29, 0.717) is 27.7 Å². The maximum Gasteiger partial charge on any atom is 0.123 e. The highest BCUT2D eigenvalue weighted by molar-refractivity contribution is 7.99.